The second kappa shape index (κ2) is 9.88. The zero-order valence-electron chi connectivity index (χ0n) is 19.2. The Bertz CT molecular complexity index is 1150. The number of hydrogen-bond acceptors (Lipinski definition) is 4. The van der Waals surface area contributed by atoms with Gasteiger partial charge in [-0.1, -0.05) is 31.0 Å². The number of fused-ring (bicyclic) bond motifs is 3. The second-order valence-corrected chi connectivity index (χ2v) is 8.38. The maximum Gasteiger partial charge on any atom is 0.275 e. The van der Waals surface area contributed by atoms with Gasteiger partial charge >= 0.3 is 0 Å². The lowest BCUT2D eigenvalue weighted by Gasteiger charge is -2.18. The number of nitrogens with one attached hydrogen (secondary N) is 1. The molecule has 7 heteroatoms. The molecule has 172 valence electrons. The van der Waals surface area contributed by atoms with Crippen LogP contribution in [0, 0.1) is 0 Å². The fourth-order valence-corrected chi connectivity index (χ4v) is 4.91. The van der Waals surface area contributed by atoms with Gasteiger partial charge in [-0.15, -0.1) is 0 Å². The van der Waals surface area contributed by atoms with Crippen molar-refractivity contribution in [2.45, 2.75) is 58.3 Å². The standard InChI is InChI=1S/C25H33N3O4/c1-4-31-21(32-5-2)14-15-26-24(29)19-16-28(17-10-6-7-11-17)25(30)23-22(19)18-12-8-9-13-20(18)27(23)3/h8-9,12-13,16-17,21H,4-7,10-11,14-15H2,1-3H3,(H,26,29). The lowest BCUT2D eigenvalue weighted by Crippen LogP contribution is -2.32. The van der Waals surface area contributed by atoms with Gasteiger partial charge in [-0.3, -0.25) is 9.59 Å². The molecule has 0 bridgehead atoms. The van der Waals surface area contributed by atoms with E-state index in [9.17, 15) is 9.59 Å². The van der Waals surface area contributed by atoms with E-state index in [1.54, 1.807) is 10.8 Å². The second-order valence-electron chi connectivity index (χ2n) is 8.38. The van der Waals surface area contributed by atoms with E-state index in [0.717, 1.165) is 42.0 Å². The average Bonchev–Trinajstić information content (AvgIpc) is 3.42. The highest BCUT2D eigenvalue weighted by atomic mass is 16.7. The monoisotopic (exact) mass is 439 g/mol. The number of pyridine rings is 1. The van der Waals surface area contributed by atoms with E-state index in [-0.39, 0.29) is 23.8 Å². The Morgan fingerprint density at radius 1 is 1.16 bits per heavy atom. The summed E-state index contributed by atoms with van der Waals surface area (Å²) in [7, 11) is 1.90. The predicted octanol–water partition coefficient (Wildman–Crippen LogP) is 4.13. The Hall–Kier alpha value is -2.64. The highest BCUT2D eigenvalue weighted by Gasteiger charge is 2.25. The van der Waals surface area contributed by atoms with Crippen LogP contribution in [-0.4, -0.2) is 41.1 Å². The maximum atomic E-state index is 13.5. The zero-order chi connectivity index (χ0) is 22.7. The van der Waals surface area contributed by atoms with Crippen molar-refractivity contribution in [2.75, 3.05) is 19.8 Å². The number of aromatic nitrogens is 2. The van der Waals surface area contributed by atoms with E-state index in [4.69, 9.17) is 9.47 Å². The van der Waals surface area contributed by atoms with Crippen LogP contribution < -0.4 is 10.9 Å². The molecule has 1 amide bonds. The first-order chi connectivity index (χ1) is 15.6. The summed E-state index contributed by atoms with van der Waals surface area (Å²) >= 11 is 0. The summed E-state index contributed by atoms with van der Waals surface area (Å²) in [5, 5.41) is 4.68. The van der Waals surface area contributed by atoms with Crippen molar-refractivity contribution in [1.82, 2.24) is 14.5 Å². The molecule has 2 aromatic heterocycles. The Morgan fingerprint density at radius 2 is 1.84 bits per heavy atom. The molecule has 1 N–H and O–H groups in total. The molecule has 1 aliphatic carbocycles. The number of nitrogens with zero attached hydrogens (tertiary/aromatic N) is 2. The fraction of sp³-hybridized carbons (Fsp3) is 0.520. The first kappa shape index (κ1) is 22.6. The molecule has 0 atom stereocenters. The van der Waals surface area contributed by atoms with E-state index in [1.165, 1.54) is 0 Å². The Morgan fingerprint density at radius 3 is 2.53 bits per heavy atom. The maximum absolute atomic E-state index is 13.5. The average molecular weight is 440 g/mol. The van der Waals surface area contributed by atoms with Gasteiger partial charge in [0, 0.05) is 61.8 Å². The van der Waals surface area contributed by atoms with Crippen LogP contribution in [0.4, 0.5) is 0 Å². The molecule has 0 aliphatic heterocycles. The molecule has 0 spiro atoms. The molecule has 1 aliphatic rings. The van der Waals surface area contributed by atoms with E-state index in [2.05, 4.69) is 5.32 Å². The molecule has 1 saturated carbocycles. The topological polar surface area (TPSA) is 74.5 Å². The van der Waals surface area contributed by atoms with Gasteiger partial charge in [-0.05, 0) is 32.8 Å². The zero-order valence-corrected chi connectivity index (χ0v) is 19.2. The van der Waals surface area contributed by atoms with Gasteiger partial charge < -0.3 is 23.9 Å². The van der Waals surface area contributed by atoms with E-state index in [0.29, 0.717) is 37.3 Å². The van der Waals surface area contributed by atoms with Crippen LogP contribution >= 0.6 is 0 Å². The van der Waals surface area contributed by atoms with Crippen molar-refractivity contribution in [1.29, 1.82) is 0 Å². The number of carbonyl (C=O) groups is 1. The van der Waals surface area contributed by atoms with Crippen LogP contribution in [0.5, 0.6) is 0 Å². The largest absolute Gasteiger partial charge is 0.353 e. The summed E-state index contributed by atoms with van der Waals surface area (Å²) in [4.78, 5) is 26.9. The highest BCUT2D eigenvalue weighted by molar-refractivity contribution is 6.17. The molecule has 3 aromatic rings. The summed E-state index contributed by atoms with van der Waals surface area (Å²) in [6, 6.07) is 8.02. The number of carbonyl (C=O) groups excluding carboxylic acids is 1. The smallest absolute Gasteiger partial charge is 0.275 e. The quantitative estimate of drug-likeness (QED) is 0.509. The van der Waals surface area contributed by atoms with Crippen molar-refractivity contribution in [2.24, 2.45) is 7.05 Å². The van der Waals surface area contributed by atoms with Crippen LogP contribution in [0.25, 0.3) is 21.8 Å². The van der Waals surface area contributed by atoms with Crippen molar-refractivity contribution in [3.8, 4) is 0 Å². The molecule has 32 heavy (non-hydrogen) atoms. The predicted molar refractivity (Wildman–Crippen MR) is 126 cm³/mol. The molecule has 2 heterocycles. The molecule has 4 rings (SSSR count). The molecule has 1 aromatic carbocycles. The van der Waals surface area contributed by atoms with Crippen molar-refractivity contribution < 1.29 is 14.3 Å². The minimum atomic E-state index is -0.338. The number of para-hydroxylation sites is 1. The molecular formula is C25H33N3O4. The Labute approximate surface area is 188 Å². The minimum absolute atomic E-state index is 0.0186. The van der Waals surface area contributed by atoms with Crippen LogP contribution in [0.15, 0.2) is 35.3 Å². The van der Waals surface area contributed by atoms with Crippen molar-refractivity contribution in [3.05, 3.63) is 46.4 Å². The van der Waals surface area contributed by atoms with Crippen LogP contribution in [0.3, 0.4) is 0 Å². The fourth-order valence-electron chi connectivity index (χ4n) is 4.91. The number of aryl methyl sites for hydroxylation is 1. The normalized spacial score (nSPS) is 14.8. The van der Waals surface area contributed by atoms with E-state index in [1.807, 2.05) is 49.7 Å². The van der Waals surface area contributed by atoms with Crippen LogP contribution in [-0.2, 0) is 16.5 Å². The van der Waals surface area contributed by atoms with Gasteiger partial charge in [-0.2, -0.15) is 0 Å². The first-order valence-corrected chi connectivity index (χ1v) is 11.7. The summed E-state index contributed by atoms with van der Waals surface area (Å²) < 4.78 is 14.9. The third kappa shape index (κ3) is 4.19. The number of rotatable bonds is 9. The lowest BCUT2D eigenvalue weighted by atomic mass is 10.1. The Kier molecular flexibility index (Phi) is 6.96. The van der Waals surface area contributed by atoms with E-state index < -0.39 is 0 Å². The lowest BCUT2D eigenvalue weighted by molar-refractivity contribution is -0.138. The molecule has 1 fully saturated rings. The third-order valence-electron chi connectivity index (χ3n) is 6.41. The SMILES string of the molecule is CCOC(CCNC(=O)c1cn(C2CCCC2)c(=O)c2c1c1ccccc1n2C)OCC. The minimum Gasteiger partial charge on any atom is -0.353 e. The Balaban J connectivity index is 1.74. The first-order valence-electron chi connectivity index (χ1n) is 11.7. The number of hydrogen-bond donors (Lipinski definition) is 1. The number of amides is 1. The summed E-state index contributed by atoms with van der Waals surface area (Å²) in [5.41, 5.74) is 2.07. The van der Waals surface area contributed by atoms with Crippen LogP contribution in [0.1, 0.15) is 62.4 Å². The van der Waals surface area contributed by atoms with Crippen molar-refractivity contribution in [3.63, 3.8) is 0 Å². The molecule has 7 nitrogen and oxygen atoms in total. The van der Waals surface area contributed by atoms with Crippen molar-refractivity contribution >= 4 is 27.7 Å². The van der Waals surface area contributed by atoms with Crippen LogP contribution in [0.2, 0.25) is 0 Å². The van der Waals surface area contributed by atoms with Gasteiger partial charge in [0.2, 0.25) is 0 Å². The van der Waals surface area contributed by atoms with Gasteiger partial charge in [0.25, 0.3) is 11.5 Å². The molecular weight excluding hydrogens is 406 g/mol. The molecule has 0 saturated heterocycles. The number of ether oxygens (including phenoxy) is 2. The van der Waals surface area contributed by atoms with Gasteiger partial charge in [0.05, 0.1) is 5.56 Å². The van der Waals surface area contributed by atoms with Gasteiger partial charge in [0.15, 0.2) is 6.29 Å². The summed E-state index contributed by atoms with van der Waals surface area (Å²) in [5.74, 6) is -0.176. The molecule has 0 unspecified atom stereocenters. The van der Waals surface area contributed by atoms with Gasteiger partial charge in [-0.25, -0.2) is 0 Å². The van der Waals surface area contributed by atoms with E-state index >= 15 is 0 Å². The molecule has 0 radical (unpaired) electrons. The highest BCUT2D eigenvalue weighted by Crippen LogP contribution is 2.33. The third-order valence-corrected chi connectivity index (χ3v) is 6.41. The summed E-state index contributed by atoms with van der Waals surface area (Å²) in [6.07, 6.45) is 6.18. The number of benzene rings is 1. The summed E-state index contributed by atoms with van der Waals surface area (Å²) in [6.45, 7) is 5.39. The van der Waals surface area contributed by atoms with Gasteiger partial charge in [0.1, 0.15) is 5.52 Å².